The number of amidine groups is 1. The number of hydrogen-bond donors (Lipinski definition) is 6. The first kappa shape index (κ1) is 27.3. The predicted octanol–water partition coefficient (Wildman–Crippen LogP) is 3.03. The number of aromatic carboxylic acids is 1. The number of amides is 2. The number of nitrogens with zero attached hydrogens (tertiary/aromatic N) is 1. The fourth-order valence-corrected chi connectivity index (χ4v) is 4.65. The molecule has 39 heavy (non-hydrogen) atoms. The lowest BCUT2D eigenvalue weighted by molar-refractivity contribution is 0.0697. The van der Waals surface area contributed by atoms with Gasteiger partial charge in [0, 0.05) is 28.4 Å². The fourth-order valence-electron chi connectivity index (χ4n) is 4.65. The van der Waals surface area contributed by atoms with E-state index in [-0.39, 0.29) is 46.3 Å². The van der Waals surface area contributed by atoms with Crippen LogP contribution in [-0.4, -0.2) is 58.1 Å². The first-order valence-electron chi connectivity index (χ1n) is 12.3. The number of carbonyl (C=O) groups excluding carboxylic acids is 2. The molecule has 1 saturated carbocycles. The Morgan fingerprint density at radius 2 is 1.64 bits per heavy atom. The molecule has 4 rings (SSSR count). The molecule has 0 aliphatic heterocycles. The number of carboxylic acid groups (broad SMARTS) is 1. The van der Waals surface area contributed by atoms with Crippen molar-refractivity contribution in [1.29, 1.82) is 5.41 Å². The number of benzene rings is 2. The van der Waals surface area contributed by atoms with Gasteiger partial charge in [0.25, 0.3) is 11.8 Å². The van der Waals surface area contributed by atoms with Crippen LogP contribution < -0.4 is 21.1 Å². The molecule has 1 aliphatic carbocycles. The smallest absolute Gasteiger partial charge is 0.336 e. The van der Waals surface area contributed by atoms with Crippen LogP contribution in [0.3, 0.4) is 0 Å². The standard InChI is InChI=1S/C28H29N5O6/c1-39-22-11-10-20(23(32-22)26(36)31-18-7-4-16(5-8-18)24(29)30)19-9-6-17(14-21(19)27(37)38)25(35)33-28(15-34)12-2-3-13-28/h4-11,14,34H,2-3,12-13,15H2,1H3,(H3,29,30)(H,31,36)(H,33,35)(H,37,38). The molecule has 0 unspecified atom stereocenters. The molecular formula is C28H29N5O6. The quantitative estimate of drug-likeness (QED) is 0.179. The van der Waals surface area contributed by atoms with E-state index in [0.29, 0.717) is 24.1 Å². The Morgan fingerprint density at radius 1 is 1.00 bits per heavy atom. The van der Waals surface area contributed by atoms with E-state index >= 15 is 0 Å². The van der Waals surface area contributed by atoms with Gasteiger partial charge in [-0.25, -0.2) is 9.78 Å². The SMILES string of the molecule is COc1ccc(-c2ccc(C(=O)NC3(CO)CCCC3)cc2C(=O)O)c(C(=O)Nc2ccc(C(=N)N)cc2)n1. The fraction of sp³-hybridized carbons (Fsp3) is 0.250. The highest BCUT2D eigenvalue weighted by molar-refractivity contribution is 6.10. The Labute approximate surface area is 224 Å². The molecule has 1 aromatic heterocycles. The zero-order valence-corrected chi connectivity index (χ0v) is 21.3. The number of nitrogens with two attached hydrogens (primary N) is 1. The number of carboxylic acids is 1. The monoisotopic (exact) mass is 531 g/mol. The zero-order chi connectivity index (χ0) is 28.2. The highest BCUT2D eigenvalue weighted by Gasteiger charge is 2.35. The number of nitrogen functional groups attached to an aromatic ring is 1. The van der Waals surface area contributed by atoms with Gasteiger partial charge in [0.1, 0.15) is 11.5 Å². The maximum absolute atomic E-state index is 13.3. The highest BCUT2D eigenvalue weighted by atomic mass is 16.5. The van der Waals surface area contributed by atoms with Gasteiger partial charge in [-0.05, 0) is 60.9 Å². The number of aliphatic hydroxyl groups is 1. The van der Waals surface area contributed by atoms with Crippen LogP contribution in [0, 0.1) is 5.41 Å². The van der Waals surface area contributed by atoms with E-state index in [1.54, 1.807) is 24.3 Å². The first-order chi connectivity index (χ1) is 18.7. The number of rotatable bonds is 9. The van der Waals surface area contributed by atoms with Crippen LogP contribution in [0.25, 0.3) is 11.1 Å². The van der Waals surface area contributed by atoms with Crippen molar-refractivity contribution in [1.82, 2.24) is 10.3 Å². The molecule has 1 fully saturated rings. The number of nitrogens with one attached hydrogen (secondary N) is 3. The van der Waals surface area contributed by atoms with Gasteiger partial charge in [0.2, 0.25) is 5.88 Å². The van der Waals surface area contributed by atoms with Crippen molar-refractivity contribution < 1.29 is 29.3 Å². The van der Waals surface area contributed by atoms with Crippen molar-refractivity contribution in [3.63, 3.8) is 0 Å². The van der Waals surface area contributed by atoms with Gasteiger partial charge in [-0.3, -0.25) is 15.0 Å². The van der Waals surface area contributed by atoms with Crippen molar-refractivity contribution >= 4 is 29.3 Å². The molecule has 202 valence electrons. The van der Waals surface area contributed by atoms with Crippen molar-refractivity contribution in [2.45, 2.75) is 31.2 Å². The Bertz CT molecular complexity index is 1430. The van der Waals surface area contributed by atoms with Gasteiger partial charge in [-0.2, -0.15) is 0 Å². The van der Waals surface area contributed by atoms with E-state index in [4.69, 9.17) is 15.9 Å². The molecule has 1 heterocycles. The van der Waals surface area contributed by atoms with E-state index in [0.717, 1.165) is 12.8 Å². The number of hydrogen-bond acceptors (Lipinski definition) is 7. The van der Waals surface area contributed by atoms with Gasteiger partial charge >= 0.3 is 5.97 Å². The number of pyridine rings is 1. The minimum Gasteiger partial charge on any atom is -0.481 e. The molecular weight excluding hydrogens is 502 g/mol. The summed E-state index contributed by atoms with van der Waals surface area (Å²) in [5.41, 5.74) is 5.91. The summed E-state index contributed by atoms with van der Waals surface area (Å²) in [5.74, 6) is -2.37. The van der Waals surface area contributed by atoms with E-state index in [2.05, 4.69) is 15.6 Å². The third-order valence-electron chi connectivity index (χ3n) is 6.79. The molecule has 0 saturated heterocycles. The molecule has 0 bridgehead atoms. The van der Waals surface area contributed by atoms with E-state index < -0.39 is 23.3 Å². The van der Waals surface area contributed by atoms with Crippen molar-refractivity contribution in [2.24, 2.45) is 5.73 Å². The molecule has 11 heteroatoms. The van der Waals surface area contributed by atoms with Gasteiger partial charge in [-0.1, -0.05) is 18.9 Å². The molecule has 2 aromatic carbocycles. The van der Waals surface area contributed by atoms with Crippen LogP contribution in [0.2, 0.25) is 0 Å². The van der Waals surface area contributed by atoms with Crippen molar-refractivity contribution in [2.75, 3.05) is 19.0 Å². The summed E-state index contributed by atoms with van der Waals surface area (Å²) >= 11 is 0. The van der Waals surface area contributed by atoms with Gasteiger partial charge in [-0.15, -0.1) is 0 Å². The molecule has 1 aliphatic rings. The molecule has 7 N–H and O–H groups in total. The molecule has 2 amide bonds. The molecule has 11 nitrogen and oxygen atoms in total. The number of carbonyl (C=O) groups is 3. The van der Waals surface area contributed by atoms with Crippen molar-refractivity contribution in [3.8, 4) is 17.0 Å². The molecule has 3 aromatic rings. The van der Waals surface area contributed by atoms with Gasteiger partial charge in [0.05, 0.1) is 24.8 Å². The molecule has 0 spiro atoms. The van der Waals surface area contributed by atoms with Crippen LogP contribution in [0.15, 0.2) is 54.6 Å². The zero-order valence-electron chi connectivity index (χ0n) is 21.3. The second-order valence-electron chi connectivity index (χ2n) is 9.36. The average molecular weight is 532 g/mol. The lowest BCUT2D eigenvalue weighted by Gasteiger charge is -2.28. The van der Waals surface area contributed by atoms with E-state index in [9.17, 15) is 24.6 Å². The Kier molecular flexibility index (Phi) is 7.91. The summed E-state index contributed by atoms with van der Waals surface area (Å²) in [7, 11) is 1.39. The Hall–Kier alpha value is -4.77. The van der Waals surface area contributed by atoms with Crippen LogP contribution in [0.5, 0.6) is 5.88 Å². The average Bonchev–Trinajstić information content (AvgIpc) is 3.41. The summed E-state index contributed by atoms with van der Waals surface area (Å²) < 4.78 is 5.18. The third-order valence-corrected chi connectivity index (χ3v) is 6.79. The third kappa shape index (κ3) is 5.88. The van der Waals surface area contributed by atoms with Crippen LogP contribution in [-0.2, 0) is 0 Å². The summed E-state index contributed by atoms with van der Waals surface area (Å²) in [5, 5.41) is 32.9. The van der Waals surface area contributed by atoms with Gasteiger partial charge < -0.3 is 31.3 Å². The van der Waals surface area contributed by atoms with Crippen LogP contribution in [0.1, 0.15) is 62.5 Å². The summed E-state index contributed by atoms with van der Waals surface area (Å²) in [6.07, 6.45) is 3.06. The number of aliphatic hydroxyl groups excluding tert-OH is 1. The Morgan fingerprint density at radius 3 is 2.23 bits per heavy atom. The van der Waals surface area contributed by atoms with Gasteiger partial charge in [0.15, 0.2) is 0 Å². The number of ether oxygens (including phenoxy) is 1. The second-order valence-corrected chi connectivity index (χ2v) is 9.36. The maximum atomic E-state index is 13.3. The summed E-state index contributed by atoms with van der Waals surface area (Å²) in [6.45, 7) is -0.198. The predicted molar refractivity (Wildman–Crippen MR) is 144 cm³/mol. The normalized spacial score (nSPS) is 13.9. The number of aromatic nitrogens is 1. The lowest BCUT2D eigenvalue weighted by Crippen LogP contribution is -2.49. The van der Waals surface area contributed by atoms with Crippen LogP contribution >= 0.6 is 0 Å². The second kappa shape index (κ2) is 11.3. The van der Waals surface area contributed by atoms with E-state index in [1.807, 2.05) is 0 Å². The number of methoxy groups -OCH3 is 1. The summed E-state index contributed by atoms with van der Waals surface area (Å²) in [4.78, 5) is 42.8. The number of anilines is 1. The van der Waals surface area contributed by atoms with Crippen molar-refractivity contribution in [3.05, 3.63) is 77.0 Å². The lowest BCUT2D eigenvalue weighted by atomic mass is 9.94. The minimum atomic E-state index is -1.29. The topological polar surface area (TPSA) is 188 Å². The minimum absolute atomic E-state index is 0.0881. The largest absolute Gasteiger partial charge is 0.481 e. The first-order valence-corrected chi connectivity index (χ1v) is 12.3. The Balaban J connectivity index is 1.69. The molecule has 0 radical (unpaired) electrons. The maximum Gasteiger partial charge on any atom is 0.336 e. The molecule has 0 atom stereocenters. The van der Waals surface area contributed by atoms with E-state index in [1.165, 1.54) is 37.4 Å². The highest BCUT2D eigenvalue weighted by Crippen LogP contribution is 2.32. The summed E-state index contributed by atoms with van der Waals surface area (Å²) in [6, 6.07) is 13.5. The van der Waals surface area contributed by atoms with Crippen LogP contribution in [0.4, 0.5) is 5.69 Å².